The summed E-state index contributed by atoms with van der Waals surface area (Å²) in [5.74, 6) is 0.852. The lowest BCUT2D eigenvalue weighted by molar-refractivity contribution is 0.198. The molecule has 1 fully saturated rings. The maximum atomic E-state index is 9.48. The number of nitrogens with zero attached hydrogens (tertiary/aromatic N) is 4. The summed E-state index contributed by atoms with van der Waals surface area (Å²) >= 11 is 0. The van der Waals surface area contributed by atoms with E-state index in [0.717, 1.165) is 29.8 Å². The van der Waals surface area contributed by atoms with E-state index in [1.807, 2.05) is 0 Å². The van der Waals surface area contributed by atoms with Crippen molar-refractivity contribution in [3.05, 3.63) is 12.5 Å². The lowest BCUT2D eigenvalue weighted by Gasteiger charge is -2.16. The van der Waals surface area contributed by atoms with Crippen molar-refractivity contribution in [2.45, 2.75) is 12.5 Å². The summed E-state index contributed by atoms with van der Waals surface area (Å²) in [5.41, 5.74) is 0.737. The molecule has 1 saturated heterocycles. The Morgan fingerprint density at radius 3 is 3.20 bits per heavy atom. The molecule has 3 heterocycles. The zero-order chi connectivity index (χ0) is 10.3. The molecule has 1 aliphatic heterocycles. The van der Waals surface area contributed by atoms with E-state index in [9.17, 15) is 5.11 Å². The number of β-amino-alcohol motifs (C(OH)–C–C–N with tert-alkyl or cyclic N) is 1. The molecule has 0 unspecified atom stereocenters. The third-order valence-electron chi connectivity index (χ3n) is 2.69. The summed E-state index contributed by atoms with van der Waals surface area (Å²) in [6.07, 6.45) is 3.78. The summed E-state index contributed by atoms with van der Waals surface area (Å²) in [6, 6.07) is 0. The van der Waals surface area contributed by atoms with Crippen LogP contribution in [0.25, 0.3) is 11.0 Å². The van der Waals surface area contributed by atoms with Gasteiger partial charge in [0.15, 0.2) is 5.65 Å². The number of aliphatic hydroxyl groups is 1. The fraction of sp³-hybridized carbons (Fsp3) is 0.444. The molecule has 0 saturated carbocycles. The second-order valence-corrected chi connectivity index (χ2v) is 3.72. The largest absolute Gasteiger partial charge is 0.391 e. The molecule has 0 radical (unpaired) electrons. The molecule has 6 heteroatoms. The van der Waals surface area contributed by atoms with Crippen molar-refractivity contribution >= 4 is 16.9 Å². The van der Waals surface area contributed by atoms with Crippen molar-refractivity contribution in [1.82, 2.24) is 20.2 Å². The predicted octanol–water partition coefficient (Wildman–Crippen LogP) is -0.0761. The van der Waals surface area contributed by atoms with Gasteiger partial charge >= 0.3 is 0 Å². The number of rotatable bonds is 1. The van der Waals surface area contributed by atoms with Crippen LogP contribution in [0.2, 0.25) is 0 Å². The Labute approximate surface area is 86.0 Å². The van der Waals surface area contributed by atoms with Gasteiger partial charge in [-0.05, 0) is 6.42 Å². The number of nitrogens with one attached hydrogen (secondary N) is 1. The van der Waals surface area contributed by atoms with Gasteiger partial charge in [0.2, 0.25) is 0 Å². The maximum absolute atomic E-state index is 9.48. The van der Waals surface area contributed by atoms with Crippen LogP contribution in [-0.4, -0.2) is 44.5 Å². The fourth-order valence-electron chi connectivity index (χ4n) is 1.94. The minimum atomic E-state index is -0.248. The Bertz CT molecular complexity index is 482. The summed E-state index contributed by atoms with van der Waals surface area (Å²) in [7, 11) is 0. The zero-order valence-corrected chi connectivity index (χ0v) is 8.09. The summed E-state index contributed by atoms with van der Waals surface area (Å²) in [5, 5.41) is 17.1. The molecule has 15 heavy (non-hydrogen) atoms. The normalized spacial score (nSPS) is 21.4. The number of aromatic amines is 1. The standard InChI is InChI=1S/C9H11N5O/c15-6-1-2-14(4-6)9-7-3-12-13-8(7)10-5-11-9/h3,5-6,15H,1-2,4H2,(H,10,11,12,13)/t6-/m1/s1. The highest BCUT2D eigenvalue weighted by molar-refractivity contribution is 5.86. The van der Waals surface area contributed by atoms with Gasteiger partial charge in [0.1, 0.15) is 12.1 Å². The van der Waals surface area contributed by atoms with E-state index in [2.05, 4.69) is 25.1 Å². The number of aromatic nitrogens is 4. The molecule has 2 aromatic rings. The van der Waals surface area contributed by atoms with E-state index in [1.165, 1.54) is 6.33 Å². The molecule has 78 valence electrons. The van der Waals surface area contributed by atoms with E-state index in [-0.39, 0.29) is 6.10 Å². The third-order valence-corrected chi connectivity index (χ3v) is 2.69. The molecule has 0 spiro atoms. The summed E-state index contributed by atoms with van der Waals surface area (Å²) < 4.78 is 0. The predicted molar refractivity (Wildman–Crippen MR) is 54.5 cm³/mol. The van der Waals surface area contributed by atoms with Gasteiger partial charge in [0, 0.05) is 13.1 Å². The highest BCUT2D eigenvalue weighted by Crippen LogP contribution is 2.24. The Kier molecular flexibility index (Phi) is 1.81. The molecular weight excluding hydrogens is 194 g/mol. The number of H-pyrrole nitrogens is 1. The van der Waals surface area contributed by atoms with Gasteiger partial charge < -0.3 is 10.0 Å². The van der Waals surface area contributed by atoms with E-state index in [0.29, 0.717) is 6.54 Å². The average molecular weight is 205 g/mol. The van der Waals surface area contributed by atoms with Crippen LogP contribution in [-0.2, 0) is 0 Å². The van der Waals surface area contributed by atoms with Crippen molar-refractivity contribution in [2.24, 2.45) is 0 Å². The second kappa shape index (κ2) is 3.16. The first kappa shape index (κ1) is 8.60. The minimum Gasteiger partial charge on any atom is -0.391 e. The Morgan fingerprint density at radius 1 is 1.47 bits per heavy atom. The van der Waals surface area contributed by atoms with Crippen molar-refractivity contribution in [3.63, 3.8) is 0 Å². The van der Waals surface area contributed by atoms with Gasteiger partial charge in [-0.25, -0.2) is 9.97 Å². The highest BCUT2D eigenvalue weighted by Gasteiger charge is 2.23. The molecule has 1 aliphatic rings. The van der Waals surface area contributed by atoms with Crippen molar-refractivity contribution in [3.8, 4) is 0 Å². The Hall–Kier alpha value is -1.69. The van der Waals surface area contributed by atoms with Gasteiger partial charge in [-0.2, -0.15) is 5.10 Å². The first-order valence-corrected chi connectivity index (χ1v) is 4.91. The number of anilines is 1. The van der Waals surface area contributed by atoms with Crippen LogP contribution in [0.4, 0.5) is 5.82 Å². The molecule has 0 bridgehead atoms. The molecular formula is C9H11N5O. The summed E-state index contributed by atoms with van der Waals surface area (Å²) in [6.45, 7) is 1.47. The van der Waals surface area contributed by atoms with E-state index < -0.39 is 0 Å². The molecule has 6 nitrogen and oxygen atoms in total. The van der Waals surface area contributed by atoms with Gasteiger partial charge in [-0.15, -0.1) is 0 Å². The minimum absolute atomic E-state index is 0.248. The molecule has 0 aromatic carbocycles. The van der Waals surface area contributed by atoms with Crippen LogP contribution in [0.15, 0.2) is 12.5 Å². The molecule has 3 rings (SSSR count). The van der Waals surface area contributed by atoms with Crippen molar-refractivity contribution < 1.29 is 5.11 Å². The van der Waals surface area contributed by atoms with E-state index in [1.54, 1.807) is 6.20 Å². The van der Waals surface area contributed by atoms with Crippen LogP contribution in [0, 0.1) is 0 Å². The van der Waals surface area contributed by atoms with Gasteiger partial charge in [-0.3, -0.25) is 5.10 Å². The highest BCUT2D eigenvalue weighted by atomic mass is 16.3. The Balaban J connectivity index is 2.06. The monoisotopic (exact) mass is 205 g/mol. The molecule has 2 aromatic heterocycles. The van der Waals surface area contributed by atoms with Gasteiger partial charge in [0.05, 0.1) is 17.7 Å². The first-order valence-electron chi connectivity index (χ1n) is 4.91. The first-order chi connectivity index (χ1) is 7.34. The van der Waals surface area contributed by atoms with Gasteiger partial charge in [0.25, 0.3) is 0 Å². The third kappa shape index (κ3) is 1.33. The number of aliphatic hydroxyl groups excluding tert-OH is 1. The number of hydrogen-bond acceptors (Lipinski definition) is 5. The molecule has 1 atom stereocenters. The second-order valence-electron chi connectivity index (χ2n) is 3.72. The van der Waals surface area contributed by atoms with E-state index in [4.69, 9.17) is 0 Å². The van der Waals surface area contributed by atoms with E-state index >= 15 is 0 Å². The number of fused-ring (bicyclic) bond motifs is 1. The van der Waals surface area contributed by atoms with Crippen molar-refractivity contribution in [2.75, 3.05) is 18.0 Å². The van der Waals surface area contributed by atoms with Crippen LogP contribution in [0.3, 0.4) is 0 Å². The van der Waals surface area contributed by atoms with Gasteiger partial charge in [-0.1, -0.05) is 0 Å². The Morgan fingerprint density at radius 2 is 2.40 bits per heavy atom. The topological polar surface area (TPSA) is 77.9 Å². The van der Waals surface area contributed by atoms with Crippen molar-refractivity contribution in [1.29, 1.82) is 0 Å². The number of hydrogen-bond donors (Lipinski definition) is 2. The summed E-state index contributed by atoms with van der Waals surface area (Å²) in [4.78, 5) is 10.4. The molecule has 0 amide bonds. The van der Waals surface area contributed by atoms with Crippen LogP contribution in [0.5, 0.6) is 0 Å². The van der Waals surface area contributed by atoms with Crippen LogP contribution >= 0.6 is 0 Å². The van der Waals surface area contributed by atoms with Crippen LogP contribution in [0.1, 0.15) is 6.42 Å². The quantitative estimate of drug-likeness (QED) is 0.681. The smallest absolute Gasteiger partial charge is 0.160 e. The lowest BCUT2D eigenvalue weighted by Crippen LogP contribution is -2.22. The zero-order valence-electron chi connectivity index (χ0n) is 8.09. The lowest BCUT2D eigenvalue weighted by atomic mass is 10.3. The SMILES string of the molecule is O[C@@H]1CCN(c2ncnc3[nH]ncc23)C1. The maximum Gasteiger partial charge on any atom is 0.160 e. The molecule has 2 N–H and O–H groups in total. The van der Waals surface area contributed by atoms with Crippen LogP contribution < -0.4 is 4.90 Å². The molecule has 0 aliphatic carbocycles. The average Bonchev–Trinajstić information content (AvgIpc) is 2.84. The fourth-order valence-corrected chi connectivity index (χ4v) is 1.94.